The number of hydrogen-bond acceptors (Lipinski definition) is 6. The van der Waals surface area contributed by atoms with E-state index in [1.807, 2.05) is 12.1 Å². The van der Waals surface area contributed by atoms with E-state index in [2.05, 4.69) is 15.0 Å². The molecule has 0 radical (unpaired) electrons. The molecular weight excluding hydrogens is 393 g/mol. The van der Waals surface area contributed by atoms with E-state index in [0.29, 0.717) is 36.6 Å². The van der Waals surface area contributed by atoms with E-state index in [1.54, 1.807) is 25.4 Å². The van der Waals surface area contributed by atoms with Crippen LogP contribution in [0, 0.1) is 22.6 Å². The number of oxime groups is 1. The molecule has 2 heterocycles. The smallest absolute Gasteiger partial charge is 0.129 e. The van der Waals surface area contributed by atoms with E-state index in [1.165, 1.54) is 18.6 Å². The van der Waals surface area contributed by atoms with Gasteiger partial charge in [0, 0.05) is 35.9 Å². The van der Waals surface area contributed by atoms with Gasteiger partial charge in [0.15, 0.2) is 0 Å². The quantitative estimate of drug-likeness (QED) is 0.392. The van der Waals surface area contributed by atoms with Crippen molar-refractivity contribution in [3.05, 3.63) is 54.1 Å². The van der Waals surface area contributed by atoms with Crippen molar-refractivity contribution >= 4 is 17.1 Å². The summed E-state index contributed by atoms with van der Waals surface area (Å²) in [5.41, 5.74) is 4.16. The van der Waals surface area contributed by atoms with Gasteiger partial charge in [-0.15, -0.1) is 0 Å². The van der Waals surface area contributed by atoms with Gasteiger partial charge in [0.05, 0.1) is 11.6 Å². The summed E-state index contributed by atoms with van der Waals surface area (Å²) in [7, 11) is 0. The molecule has 7 heteroatoms. The number of nitrogens with zero attached hydrogens (tertiary/aromatic N) is 3. The zero-order valence-corrected chi connectivity index (χ0v) is 17.8. The minimum atomic E-state index is -0.414. The highest BCUT2D eigenvalue weighted by atomic mass is 19.1. The first-order valence-electron chi connectivity index (χ1n) is 10.8. The van der Waals surface area contributed by atoms with Crippen molar-refractivity contribution in [1.29, 1.82) is 10.8 Å². The lowest BCUT2D eigenvalue weighted by molar-refractivity contribution is 0.0845. The highest BCUT2D eigenvalue weighted by molar-refractivity contribution is 6.23. The van der Waals surface area contributed by atoms with Gasteiger partial charge < -0.3 is 15.7 Å². The summed E-state index contributed by atoms with van der Waals surface area (Å²) in [4.78, 5) is 12.1. The Labute approximate surface area is 182 Å². The van der Waals surface area contributed by atoms with Crippen LogP contribution in [0.4, 0.5) is 4.39 Å². The molecule has 1 aromatic heterocycles. The maximum atomic E-state index is 14.1. The Balaban J connectivity index is 1.59. The zero-order valence-electron chi connectivity index (χ0n) is 17.8. The standard InChI is InChI=1S/C24H28FN5O/c1-16(26)24-22(27)12-18(13-23(24)29-31-11-10-30-8-3-9-30)20-6-5-19(25)14-21(20)17-4-2-7-28-15-17/h2,4-7,14-15,18,24,26-27H,3,8-13H2,1H3. The molecule has 162 valence electrons. The number of rotatable bonds is 7. The first-order valence-corrected chi connectivity index (χ1v) is 10.8. The van der Waals surface area contributed by atoms with Gasteiger partial charge in [0.2, 0.25) is 0 Å². The SMILES string of the molecule is CC(=N)C1C(=N)CC(c2ccc(F)cc2-c2cccnc2)CC1=NOCCN1CCC1. The molecule has 2 atom stereocenters. The first kappa shape index (κ1) is 21.3. The fraction of sp³-hybridized carbons (Fsp3) is 0.417. The number of pyridine rings is 1. The highest BCUT2D eigenvalue weighted by Crippen LogP contribution is 2.38. The zero-order chi connectivity index (χ0) is 21.8. The third-order valence-corrected chi connectivity index (χ3v) is 6.09. The molecule has 0 spiro atoms. The molecule has 2 N–H and O–H groups in total. The monoisotopic (exact) mass is 421 g/mol. The van der Waals surface area contributed by atoms with Crippen LogP contribution >= 0.6 is 0 Å². The van der Waals surface area contributed by atoms with Crippen LogP contribution in [-0.2, 0) is 4.84 Å². The summed E-state index contributed by atoms with van der Waals surface area (Å²) in [6, 6.07) is 8.55. The van der Waals surface area contributed by atoms with E-state index in [-0.39, 0.29) is 11.7 Å². The van der Waals surface area contributed by atoms with Crippen molar-refractivity contribution in [1.82, 2.24) is 9.88 Å². The number of aromatic nitrogens is 1. The van der Waals surface area contributed by atoms with Gasteiger partial charge in [-0.3, -0.25) is 9.88 Å². The highest BCUT2D eigenvalue weighted by Gasteiger charge is 2.35. The predicted molar refractivity (Wildman–Crippen MR) is 121 cm³/mol. The number of hydrogen-bond donors (Lipinski definition) is 2. The lowest BCUT2D eigenvalue weighted by Crippen LogP contribution is -2.39. The summed E-state index contributed by atoms with van der Waals surface area (Å²) in [6.45, 7) is 5.28. The molecule has 31 heavy (non-hydrogen) atoms. The van der Waals surface area contributed by atoms with Gasteiger partial charge in [-0.2, -0.15) is 0 Å². The normalized spacial score (nSPS) is 22.9. The summed E-state index contributed by atoms with van der Waals surface area (Å²) in [6.07, 6.45) is 5.74. The Hall–Kier alpha value is -2.93. The second-order valence-corrected chi connectivity index (χ2v) is 8.33. The number of halogens is 1. The van der Waals surface area contributed by atoms with E-state index < -0.39 is 5.92 Å². The van der Waals surface area contributed by atoms with Crippen molar-refractivity contribution in [3.63, 3.8) is 0 Å². The van der Waals surface area contributed by atoms with Crippen molar-refractivity contribution < 1.29 is 9.23 Å². The molecule has 6 nitrogen and oxygen atoms in total. The summed E-state index contributed by atoms with van der Waals surface area (Å²) in [5.74, 6) is -0.746. The van der Waals surface area contributed by atoms with Crippen LogP contribution in [0.3, 0.4) is 0 Å². The van der Waals surface area contributed by atoms with E-state index in [9.17, 15) is 4.39 Å². The molecular formula is C24H28FN5O. The Morgan fingerprint density at radius 3 is 2.81 bits per heavy atom. The van der Waals surface area contributed by atoms with Gasteiger partial charge in [-0.25, -0.2) is 4.39 Å². The van der Waals surface area contributed by atoms with E-state index in [4.69, 9.17) is 15.7 Å². The van der Waals surface area contributed by atoms with Gasteiger partial charge in [0.1, 0.15) is 12.4 Å². The minimum absolute atomic E-state index is 0.0309. The van der Waals surface area contributed by atoms with Crippen molar-refractivity contribution in [2.45, 2.75) is 32.1 Å². The molecule has 2 unspecified atom stereocenters. The number of nitrogens with one attached hydrogen (secondary N) is 2. The Bertz CT molecular complexity index is 987. The van der Waals surface area contributed by atoms with Gasteiger partial charge in [-0.05, 0) is 74.5 Å². The number of benzene rings is 1. The Morgan fingerprint density at radius 1 is 1.29 bits per heavy atom. The lowest BCUT2D eigenvalue weighted by atomic mass is 9.73. The van der Waals surface area contributed by atoms with Gasteiger partial charge >= 0.3 is 0 Å². The van der Waals surface area contributed by atoms with Crippen molar-refractivity contribution in [3.8, 4) is 11.1 Å². The second kappa shape index (κ2) is 9.47. The molecule has 1 saturated heterocycles. The molecule has 0 amide bonds. The van der Waals surface area contributed by atoms with E-state index in [0.717, 1.165) is 36.3 Å². The fourth-order valence-corrected chi connectivity index (χ4v) is 4.41. The summed E-state index contributed by atoms with van der Waals surface area (Å²) < 4.78 is 14.1. The van der Waals surface area contributed by atoms with Crippen LogP contribution in [0.25, 0.3) is 11.1 Å². The third kappa shape index (κ3) is 4.88. The second-order valence-electron chi connectivity index (χ2n) is 8.33. The van der Waals surface area contributed by atoms with E-state index >= 15 is 0 Å². The summed E-state index contributed by atoms with van der Waals surface area (Å²) in [5, 5.41) is 21.2. The molecule has 4 rings (SSSR count). The first-order chi connectivity index (χ1) is 15.0. The Kier molecular flexibility index (Phi) is 6.51. The molecule has 1 aliphatic heterocycles. The topological polar surface area (TPSA) is 85.4 Å². The minimum Gasteiger partial charge on any atom is -0.394 e. The van der Waals surface area contributed by atoms with Crippen LogP contribution in [0.5, 0.6) is 0 Å². The van der Waals surface area contributed by atoms with Crippen LogP contribution in [0.15, 0.2) is 47.9 Å². The molecule has 2 aliphatic rings. The average Bonchev–Trinajstić information content (AvgIpc) is 2.72. The molecule has 1 saturated carbocycles. The van der Waals surface area contributed by atoms with Crippen molar-refractivity contribution in [2.75, 3.05) is 26.2 Å². The van der Waals surface area contributed by atoms with Crippen LogP contribution in [0.1, 0.15) is 37.7 Å². The fourth-order valence-electron chi connectivity index (χ4n) is 4.41. The molecule has 2 aromatic rings. The van der Waals surface area contributed by atoms with Crippen LogP contribution < -0.4 is 0 Å². The molecule has 2 fully saturated rings. The molecule has 1 aliphatic carbocycles. The Morgan fingerprint density at radius 2 is 2.13 bits per heavy atom. The third-order valence-electron chi connectivity index (χ3n) is 6.09. The maximum Gasteiger partial charge on any atom is 0.129 e. The maximum absolute atomic E-state index is 14.1. The van der Waals surface area contributed by atoms with Crippen molar-refractivity contribution in [2.24, 2.45) is 11.1 Å². The number of likely N-dealkylation sites (tertiary alicyclic amines) is 1. The molecule has 0 bridgehead atoms. The predicted octanol–water partition coefficient (Wildman–Crippen LogP) is 4.52. The molecule has 1 aromatic carbocycles. The van der Waals surface area contributed by atoms with Crippen LogP contribution in [-0.4, -0.2) is 53.3 Å². The van der Waals surface area contributed by atoms with Gasteiger partial charge in [-0.1, -0.05) is 17.3 Å². The largest absolute Gasteiger partial charge is 0.394 e. The van der Waals surface area contributed by atoms with Crippen LogP contribution in [0.2, 0.25) is 0 Å². The van der Waals surface area contributed by atoms with Gasteiger partial charge in [0.25, 0.3) is 0 Å². The summed E-state index contributed by atoms with van der Waals surface area (Å²) >= 11 is 0. The average molecular weight is 422 g/mol. The lowest BCUT2D eigenvalue weighted by Gasteiger charge is -2.32.